The van der Waals surface area contributed by atoms with Gasteiger partial charge >= 0.3 is 0 Å². The lowest BCUT2D eigenvalue weighted by Gasteiger charge is -2.17. The first-order valence-electron chi connectivity index (χ1n) is 7.70. The van der Waals surface area contributed by atoms with Crippen LogP contribution in [0.2, 0.25) is 0 Å². The van der Waals surface area contributed by atoms with Crippen LogP contribution in [-0.4, -0.2) is 37.6 Å². The number of hydrogen-bond donors (Lipinski definition) is 0. The van der Waals surface area contributed by atoms with Crippen molar-refractivity contribution >= 4 is 5.91 Å². The van der Waals surface area contributed by atoms with Gasteiger partial charge in [0.2, 0.25) is 5.91 Å². The Bertz CT molecular complexity index is 613. The van der Waals surface area contributed by atoms with Crippen molar-refractivity contribution in [3.05, 3.63) is 65.7 Å². The number of hydrogen-bond acceptors (Lipinski definition) is 3. The zero-order chi connectivity index (χ0) is 16.5. The fourth-order valence-corrected chi connectivity index (χ4v) is 2.07. The number of benzene rings is 2. The summed E-state index contributed by atoms with van der Waals surface area (Å²) in [7, 11) is 1.76. The smallest absolute Gasteiger partial charge is 0.248 e. The molecule has 4 nitrogen and oxygen atoms in total. The Morgan fingerprint density at radius 2 is 1.87 bits per heavy atom. The molecule has 0 N–H and O–H groups in total. The summed E-state index contributed by atoms with van der Waals surface area (Å²) in [4.78, 5) is 13.6. The number of likely N-dealkylation sites (N-methyl/N-ethyl adjacent to an activating group) is 1. The van der Waals surface area contributed by atoms with Gasteiger partial charge in [-0.2, -0.15) is 0 Å². The SMILES string of the molecule is Cc1cccc(OCCN(C)C(=O)COCc2ccccc2)c1. The number of amides is 1. The minimum atomic E-state index is -0.0474. The summed E-state index contributed by atoms with van der Waals surface area (Å²) in [5, 5.41) is 0. The zero-order valence-corrected chi connectivity index (χ0v) is 13.7. The van der Waals surface area contributed by atoms with E-state index in [0.717, 1.165) is 16.9 Å². The maximum atomic E-state index is 12.0. The van der Waals surface area contributed by atoms with Crippen molar-refractivity contribution < 1.29 is 14.3 Å². The van der Waals surface area contributed by atoms with E-state index in [9.17, 15) is 4.79 Å². The van der Waals surface area contributed by atoms with Crippen LogP contribution in [0.25, 0.3) is 0 Å². The molecule has 0 bridgehead atoms. The quantitative estimate of drug-likeness (QED) is 0.752. The average Bonchev–Trinajstić information content (AvgIpc) is 2.55. The molecule has 1 amide bonds. The molecule has 4 heteroatoms. The number of carbonyl (C=O) groups excluding carboxylic acids is 1. The van der Waals surface area contributed by atoms with Gasteiger partial charge in [-0.15, -0.1) is 0 Å². The lowest BCUT2D eigenvalue weighted by atomic mass is 10.2. The summed E-state index contributed by atoms with van der Waals surface area (Å²) in [6, 6.07) is 17.7. The first kappa shape index (κ1) is 17.0. The molecule has 0 fully saturated rings. The van der Waals surface area contributed by atoms with Gasteiger partial charge in [0.15, 0.2) is 0 Å². The monoisotopic (exact) mass is 313 g/mol. The van der Waals surface area contributed by atoms with E-state index >= 15 is 0 Å². The highest BCUT2D eigenvalue weighted by Gasteiger charge is 2.09. The van der Waals surface area contributed by atoms with E-state index < -0.39 is 0 Å². The number of aryl methyl sites for hydroxylation is 1. The van der Waals surface area contributed by atoms with Gasteiger partial charge in [-0.1, -0.05) is 42.5 Å². The summed E-state index contributed by atoms with van der Waals surface area (Å²) < 4.78 is 11.1. The highest BCUT2D eigenvalue weighted by atomic mass is 16.5. The molecule has 2 rings (SSSR count). The molecule has 0 radical (unpaired) electrons. The van der Waals surface area contributed by atoms with Crippen LogP contribution in [-0.2, 0) is 16.1 Å². The molecule has 0 aliphatic heterocycles. The Hall–Kier alpha value is -2.33. The van der Waals surface area contributed by atoms with Gasteiger partial charge in [-0.05, 0) is 30.2 Å². The average molecular weight is 313 g/mol. The van der Waals surface area contributed by atoms with E-state index in [1.165, 1.54) is 0 Å². The lowest BCUT2D eigenvalue weighted by Crippen LogP contribution is -2.33. The van der Waals surface area contributed by atoms with Crippen LogP contribution in [0.15, 0.2) is 54.6 Å². The maximum Gasteiger partial charge on any atom is 0.248 e. The molecule has 0 aliphatic carbocycles. The molecule has 0 unspecified atom stereocenters. The van der Waals surface area contributed by atoms with Crippen molar-refractivity contribution in [2.24, 2.45) is 0 Å². The minimum Gasteiger partial charge on any atom is -0.492 e. The second-order valence-corrected chi connectivity index (χ2v) is 5.46. The van der Waals surface area contributed by atoms with Crippen LogP contribution < -0.4 is 4.74 Å². The van der Waals surface area contributed by atoms with Crippen LogP contribution in [0.1, 0.15) is 11.1 Å². The van der Waals surface area contributed by atoms with Crippen LogP contribution in [0.5, 0.6) is 5.75 Å². The summed E-state index contributed by atoms with van der Waals surface area (Å²) in [6.07, 6.45) is 0. The van der Waals surface area contributed by atoms with Gasteiger partial charge in [0.1, 0.15) is 19.0 Å². The van der Waals surface area contributed by atoms with Crippen LogP contribution in [0.4, 0.5) is 0 Å². The Labute approximate surface area is 137 Å². The molecule has 0 aliphatic rings. The summed E-state index contributed by atoms with van der Waals surface area (Å²) >= 11 is 0. The molecule has 23 heavy (non-hydrogen) atoms. The first-order valence-corrected chi connectivity index (χ1v) is 7.70. The predicted molar refractivity (Wildman–Crippen MR) is 90.4 cm³/mol. The normalized spacial score (nSPS) is 10.3. The molecule has 0 spiro atoms. The molecule has 2 aromatic carbocycles. The third kappa shape index (κ3) is 6.12. The molecule has 2 aromatic rings. The van der Waals surface area contributed by atoms with Crippen molar-refractivity contribution in [2.75, 3.05) is 26.8 Å². The van der Waals surface area contributed by atoms with Gasteiger partial charge in [0, 0.05) is 7.05 Å². The molecule has 0 saturated heterocycles. The standard InChI is InChI=1S/C19H23NO3/c1-16-7-6-10-18(13-16)23-12-11-20(2)19(21)15-22-14-17-8-4-3-5-9-17/h3-10,13H,11-12,14-15H2,1-2H3. The molecule has 0 aromatic heterocycles. The van der Waals surface area contributed by atoms with Gasteiger partial charge in [-0.3, -0.25) is 4.79 Å². The Kier molecular flexibility index (Phi) is 6.63. The molecular weight excluding hydrogens is 290 g/mol. The largest absolute Gasteiger partial charge is 0.492 e. The number of ether oxygens (including phenoxy) is 2. The highest BCUT2D eigenvalue weighted by Crippen LogP contribution is 2.12. The van der Waals surface area contributed by atoms with Crippen LogP contribution in [0, 0.1) is 6.92 Å². The van der Waals surface area contributed by atoms with Gasteiger partial charge in [-0.25, -0.2) is 0 Å². The third-order valence-electron chi connectivity index (χ3n) is 3.45. The van der Waals surface area contributed by atoms with E-state index in [0.29, 0.717) is 19.8 Å². The van der Waals surface area contributed by atoms with Gasteiger partial charge < -0.3 is 14.4 Å². The number of nitrogens with zero attached hydrogens (tertiary/aromatic N) is 1. The van der Waals surface area contributed by atoms with Crippen LogP contribution in [0.3, 0.4) is 0 Å². The second-order valence-electron chi connectivity index (χ2n) is 5.46. The van der Waals surface area contributed by atoms with Gasteiger partial charge in [0.25, 0.3) is 0 Å². The first-order chi connectivity index (χ1) is 11.1. The summed E-state index contributed by atoms with van der Waals surface area (Å²) in [5.74, 6) is 0.778. The van der Waals surface area contributed by atoms with Crippen molar-refractivity contribution in [1.29, 1.82) is 0 Å². The fraction of sp³-hybridized carbons (Fsp3) is 0.316. The number of rotatable bonds is 8. The third-order valence-corrected chi connectivity index (χ3v) is 3.45. The van der Waals surface area contributed by atoms with E-state index in [-0.39, 0.29) is 12.5 Å². The molecule has 0 atom stereocenters. The Morgan fingerprint density at radius 3 is 2.61 bits per heavy atom. The van der Waals surface area contributed by atoms with Crippen molar-refractivity contribution in [3.63, 3.8) is 0 Å². The van der Waals surface area contributed by atoms with E-state index in [2.05, 4.69) is 0 Å². The summed E-state index contributed by atoms with van der Waals surface area (Å²) in [6.45, 7) is 3.54. The number of carbonyl (C=O) groups is 1. The van der Waals surface area contributed by atoms with E-state index in [1.54, 1.807) is 11.9 Å². The van der Waals surface area contributed by atoms with Crippen molar-refractivity contribution in [1.82, 2.24) is 4.90 Å². The zero-order valence-electron chi connectivity index (χ0n) is 13.7. The highest BCUT2D eigenvalue weighted by molar-refractivity contribution is 5.77. The second kappa shape index (κ2) is 8.96. The maximum absolute atomic E-state index is 12.0. The van der Waals surface area contributed by atoms with Crippen molar-refractivity contribution in [3.8, 4) is 5.75 Å². The predicted octanol–water partition coefficient (Wildman–Crippen LogP) is 3.05. The van der Waals surface area contributed by atoms with Crippen molar-refractivity contribution in [2.45, 2.75) is 13.5 Å². The Morgan fingerprint density at radius 1 is 1.09 bits per heavy atom. The Balaban J connectivity index is 1.64. The topological polar surface area (TPSA) is 38.8 Å². The van der Waals surface area contributed by atoms with E-state index in [1.807, 2.05) is 61.5 Å². The fourth-order valence-electron chi connectivity index (χ4n) is 2.07. The van der Waals surface area contributed by atoms with E-state index in [4.69, 9.17) is 9.47 Å². The van der Waals surface area contributed by atoms with Gasteiger partial charge in [0.05, 0.1) is 13.2 Å². The lowest BCUT2D eigenvalue weighted by molar-refractivity contribution is -0.135. The van der Waals surface area contributed by atoms with Crippen LogP contribution >= 0.6 is 0 Å². The minimum absolute atomic E-state index is 0.0474. The molecule has 0 heterocycles. The molecule has 122 valence electrons. The summed E-state index contributed by atoms with van der Waals surface area (Å²) in [5.41, 5.74) is 2.21. The molecule has 0 saturated carbocycles. The molecular formula is C19H23NO3.